The molecule has 1 aliphatic heterocycles. The summed E-state index contributed by atoms with van der Waals surface area (Å²) < 4.78 is 4.67. The van der Waals surface area contributed by atoms with Crippen molar-refractivity contribution in [3.05, 3.63) is 16.6 Å². The fourth-order valence-corrected chi connectivity index (χ4v) is 3.27. The van der Waals surface area contributed by atoms with E-state index in [0.29, 0.717) is 12.5 Å². The summed E-state index contributed by atoms with van der Waals surface area (Å²) >= 11 is 1.73. The van der Waals surface area contributed by atoms with Crippen LogP contribution in [0, 0.1) is 0 Å². The maximum absolute atomic E-state index is 11.1. The number of hydrogen-bond acceptors (Lipinski definition) is 5. The fourth-order valence-electron chi connectivity index (χ4n) is 2.47. The summed E-state index contributed by atoms with van der Waals surface area (Å²) in [6.07, 6.45) is 6.97. The Morgan fingerprint density at radius 3 is 3.22 bits per heavy atom. The molecule has 18 heavy (non-hydrogen) atoms. The summed E-state index contributed by atoms with van der Waals surface area (Å²) in [5.41, 5.74) is 0. The Balaban J connectivity index is 1.86. The van der Waals surface area contributed by atoms with Crippen LogP contribution in [-0.4, -0.2) is 36.1 Å². The van der Waals surface area contributed by atoms with Crippen molar-refractivity contribution in [3.8, 4) is 0 Å². The molecule has 100 valence electrons. The topological polar surface area (TPSA) is 42.4 Å². The van der Waals surface area contributed by atoms with E-state index >= 15 is 0 Å². The zero-order chi connectivity index (χ0) is 12.8. The Bertz CT molecular complexity index is 367. The van der Waals surface area contributed by atoms with Crippen molar-refractivity contribution in [2.75, 3.05) is 20.2 Å². The van der Waals surface area contributed by atoms with Gasteiger partial charge in [0.2, 0.25) is 0 Å². The lowest BCUT2D eigenvalue weighted by molar-refractivity contribution is -0.140. The molecule has 1 aromatic heterocycles. The quantitative estimate of drug-likeness (QED) is 0.770. The average molecular weight is 268 g/mol. The second kappa shape index (κ2) is 6.85. The van der Waals surface area contributed by atoms with Crippen molar-refractivity contribution in [1.82, 2.24) is 9.88 Å². The van der Waals surface area contributed by atoms with Crippen molar-refractivity contribution < 1.29 is 9.53 Å². The van der Waals surface area contributed by atoms with Gasteiger partial charge in [-0.25, -0.2) is 4.98 Å². The predicted octanol–water partition coefficient (Wildman–Crippen LogP) is 2.62. The normalized spacial score (nSPS) is 20.8. The Hall–Kier alpha value is -0.940. The molecular weight excluding hydrogens is 248 g/mol. The van der Waals surface area contributed by atoms with Crippen LogP contribution in [0.1, 0.15) is 43.2 Å². The molecule has 2 rings (SSSR count). The summed E-state index contributed by atoms with van der Waals surface area (Å²) in [5, 5.41) is 3.25. The number of carbonyl (C=O) groups is 1. The minimum absolute atomic E-state index is 0.113. The average Bonchev–Trinajstić information content (AvgIpc) is 2.93. The molecule has 2 heterocycles. The second-order valence-corrected chi connectivity index (χ2v) is 5.52. The Labute approximate surface area is 112 Å². The molecule has 1 aliphatic rings. The van der Waals surface area contributed by atoms with Crippen LogP contribution in [0.15, 0.2) is 11.6 Å². The van der Waals surface area contributed by atoms with Gasteiger partial charge >= 0.3 is 5.97 Å². The van der Waals surface area contributed by atoms with Gasteiger partial charge in [0.25, 0.3) is 0 Å². The van der Waals surface area contributed by atoms with Gasteiger partial charge in [0, 0.05) is 18.0 Å². The molecule has 5 heteroatoms. The van der Waals surface area contributed by atoms with Crippen molar-refractivity contribution in [3.63, 3.8) is 0 Å². The van der Waals surface area contributed by atoms with Gasteiger partial charge in [-0.05, 0) is 32.4 Å². The number of carbonyl (C=O) groups excluding carboxylic acids is 1. The van der Waals surface area contributed by atoms with Crippen molar-refractivity contribution >= 4 is 17.3 Å². The van der Waals surface area contributed by atoms with Gasteiger partial charge < -0.3 is 4.74 Å². The summed E-state index contributed by atoms with van der Waals surface area (Å²) in [7, 11) is 1.45. The first-order valence-corrected chi connectivity index (χ1v) is 7.39. The first-order chi connectivity index (χ1) is 8.81. The van der Waals surface area contributed by atoms with Gasteiger partial charge in [-0.2, -0.15) is 0 Å². The summed E-state index contributed by atoms with van der Waals surface area (Å²) in [5.74, 6) is -0.113. The smallest absolute Gasteiger partial charge is 0.305 e. The molecule has 1 saturated heterocycles. The van der Waals surface area contributed by atoms with E-state index in [0.717, 1.165) is 19.5 Å². The summed E-state index contributed by atoms with van der Waals surface area (Å²) in [6, 6.07) is 0.455. The van der Waals surface area contributed by atoms with Gasteiger partial charge in [-0.1, -0.05) is 6.42 Å². The molecule has 1 atom stereocenters. The van der Waals surface area contributed by atoms with Crippen LogP contribution in [0.5, 0.6) is 0 Å². The monoisotopic (exact) mass is 268 g/mol. The number of esters is 1. The SMILES string of the molecule is COC(=O)CCCN1CCCC[C@H]1c1nccs1. The molecule has 0 bridgehead atoms. The van der Waals surface area contributed by atoms with Crippen LogP contribution in [0.3, 0.4) is 0 Å². The number of rotatable bonds is 5. The highest BCUT2D eigenvalue weighted by atomic mass is 32.1. The molecule has 0 radical (unpaired) electrons. The number of ether oxygens (including phenoxy) is 1. The van der Waals surface area contributed by atoms with E-state index in [2.05, 4.69) is 14.6 Å². The third-order valence-corrected chi connectivity index (χ3v) is 4.28. The summed E-state index contributed by atoms with van der Waals surface area (Å²) in [4.78, 5) is 18.0. The first-order valence-electron chi connectivity index (χ1n) is 6.51. The predicted molar refractivity (Wildman–Crippen MR) is 71.5 cm³/mol. The van der Waals surface area contributed by atoms with Gasteiger partial charge in [-0.3, -0.25) is 9.69 Å². The maximum atomic E-state index is 11.1. The van der Waals surface area contributed by atoms with E-state index in [-0.39, 0.29) is 5.97 Å². The largest absolute Gasteiger partial charge is 0.469 e. The van der Waals surface area contributed by atoms with E-state index in [1.54, 1.807) is 11.3 Å². The minimum atomic E-state index is -0.113. The zero-order valence-corrected chi connectivity index (χ0v) is 11.6. The van der Waals surface area contributed by atoms with Crippen LogP contribution in [0.4, 0.5) is 0 Å². The van der Waals surface area contributed by atoms with Gasteiger partial charge in [0.15, 0.2) is 0 Å². The number of piperidine rings is 1. The zero-order valence-electron chi connectivity index (χ0n) is 10.8. The van der Waals surface area contributed by atoms with Gasteiger partial charge in [0.05, 0.1) is 13.2 Å². The lowest BCUT2D eigenvalue weighted by Crippen LogP contribution is -2.34. The van der Waals surface area contributed by atoms with Crippen LogP contribution >= 0.6 is 11.3 Å². The second-order valence-electron chi connectivity index (χ2n) is 4.60. The molecule has 0 saturated carbocycles. The highest BCUT2D eigenvalue weighted by molar-refractivity contribution is 7.09. The molecule has 0 amide bonds. The Morgan fingerprint density at radius 2 is 2.50 bits per heavy atom. The molecular formula is C13H20N2O2S. The molecule has 1 aromatic rings. The van der Waals surface area contributed by atoms with Crippen LogP contribution < -0.4 is 0 Å². The molecule has 0 spiro atoms. The van der Waals surface area contributed by atoms with Crippen LogP contribution in [-0.2, 0) is 9.53 Å². The number of hydrogen-bond donors (Lipinski definition) is 0. The third kappa shape index (κ3) is 3.53. The highest BCUT2D eigenvalue weighted by Crippen LogP contribution is 2.31. The molecule has 0 N–H and O–H groups in total. The van der Waals surface area contributed by atoms with Crippen molar-refractivity contribution in [1.29, 1.82) is 0 Å². The van der Waals surface area contributed by atoms with Crippen LogP contribution in [0.25, 0.3) is 0 Å². The van der Waals surface area contributed by atoms with Crippen molar-refractivity contribution in [2.45, 2.75) is 38.1 Å². The number of nitrogens with zero attached hydrogens (tertiary/aromatic N) is 2. The third-order valence-electron chi connectivity index (χ3n) is 3.40. The summed E-state index contributed by atoms with van der Waals surface area (Å²) in [6.45, 7) is 2.07. The van der Waals surface area contributed by atoms with Gasteiger partial charge in [-0.15, -0.1) is 11.3 Å². The Kier molecular flexibility index (Phi) is 5.13. The maximum Gasteiger partial charge on any atom is 0.305 e. The number of thiazole rings is 1. The minimum Gasteiger partial charge on any atom is -0.469 e. The number of likely N-dealkylation sites (tertiary alicyclic amines) is 1. The standard InChI is InChI=1S/C13H20N2O2S/c1-17-12(16)6-4-9-15-8-3-2-5-11(15)13-14-7-10-18-13/h7,10-11H,2-6,8-9H2,1H3/t11-/m0/s1. The number of methoxy groups -OCH3 is 1. The van der Waals surface area contributed by atoms with Crippen LogP contribution in [0.2, 0.25) is 0 Å². The number of aromatic nitrogens is 1. The van der Waals surface area contributed by atoms with E-state index in [4.69, 9.17) is 0 Å². The van der Waals surface area contributed by atoms with Crippen molar-refractivity contribution in [2.24, 2.45) is 0 Å². The Morgan fingerprint density at radius 1 is 1.61 bits per heavy atom. The highest BCUT2D eigenvalue weighted by Gasteiger charge is 2.25. The molecule has 1 fully saturated rings. The van der Waals surface area contributed by atoms with E-state index in [1.807, 2.05) is 11.6 Å². The molecule has 4 nitrogen and oxygen atoms in total. The fraction of sp³-hybridized carbons (Fsp3) is 0.692. The van der Waals surface area contributed by atoms with Gasteiger partial charge in [0.1, 0.15) is 5.01 Å². The molecule has 0 aliphatic carbocycles. The van der Waals surface area contributed by atoms with E-state index < -0.39 is 0 Å². The lowest BCUT2D eigenvalue weighted by atomic mass is 10.0. The lowest BCUT2D eigenvalue weighted by Gasteiger charge is -2.34. The van der Waals surface area contributed by atoms with E-state index in [9.17, 15) is 4.79 Å². The van der Waals surface area contributed by atoms with E-state index in [1.165, 1.54) is 31.4 Å². The molecule has 0 unspecified atom stereocenters. The first kappa shape index (κ1) is 13.5. The molecule has 0 aromatic carbocycles.